The molecule has 0 amide bonds. The van der Waals surface area contributed by atoms with E-state index in [0.717, 1.165) is 38.5 Å². The van der Waals surface area contributed by atoms with Gasteiger partial charge in [-0.3, -0.25) is 9.05 Å². The Balaban J connectivity index is 3.69. The summed E-state index contributed by atoms with van der Waals surface area (Å²) in [5, 5.41) is 0. The van der Waals surface area contributed by atoms with Crippen LogP contribution in [0.15, 0.2) is 0 Å². The molecule has 0 aromatic carbocycles. The van der Waals surface area contributed by atoms with E-state index >= 15 is 0 Å². The summed E-state index contributed by atoms with van der Waals surface area (Å²) in [7, 11) is -3.95. The molecule has 0 saturated carbocycles. The molecule has 0 atom stereocenters. The fourth-order valence-electron chi connectivity index (χ4n) is 1.13. The molecule has 0 aromatic rings. The van der Waals surface area contributed by atoms with Gasteiger partial charge in [0, 0.05) is 0 Å². The summed E-state index contributed by atoms with van der Waals surface area (Å²) in [6, 6.07) is 0. The van der Waals surface area contributed by atoms with E-state index in [1.54, 1.807) is 0 Å². The highest BCUT2D eigenvalue weighted by Gasteiger charge is 2.27. The van der Waals surface area contributed by atoms with E-state index in [4.69, 9.17) is 9.05 Å². The summed E-state index contributed by atoms with van der Waals surface area (Å²) in [5.41, 5.74) is 0. The fraction of sp³-hybridized carbons (Fsp3) is 1.00. The lowest BCUT2D eigenvalue weighted by Gasteiger charge is -2.12. The topological polar surface area (TPSA) is 44.8 Å². The molecule has 0 bridgehead atoms. The van der Waals surface area contributed by atoms with Gasteiger partial charge in [0.2, 0.25) is 0 Å². The second-order valence-corrected chi connectivity index (χ2v) is 5.15. The van der Waals surface area contributed by atoms with E-state index in [1.165, 1.54) is 0 Å². The van der Waals surface area contributed by atoms with Crippen molar-refractivity contribution < 1.29 is 22.9 Å². The highest BCUT2D eigenvalue weighted by atomic mass is 31.2. The summed E-state index contributed by atoms with van der Waals surface area (Å²) < 4.78 is 36.4. The Labute approximate surface area is 97.0 Å². The molecule has 0 N–H and O–H groups in total. The van der Waals surface area contributed by atoms with Crippen LogP contribution in [-0.2, 0) is 18.3 Å². The monoisotopic (exact) mass is 256 g/mol. The van der Waals surface area contributed by atoms with E-state index in [-0.39, 0.29) is 13.2 Å². The minimum atomic E-state index is -3.95. The number of phosphoric acid groups is 1. The lowest BCUT2D eigenvalue weighted by atomic mass is 10.3. The van der Waals surface area contributed by atoms with Crippen molar-refractivity contribution in [2.75, 3.05) is 13.2 Å². The maximum absolute atomic E-state index is 12.0. The first-order chi connectivity index (χ1) is 7.68. The smallest absolute Gasteiger partial charge is 0.285 e. The van der Waals surface area contributed by atoms with Gasteiger partial charge in [0.1, 0.15) is 0 Å². The molecule has 0 saturated heterocycles. The van der Waals surface area contributed by atoms with Crippen molar-refractivity contribution in [3.8, 4) is 0 Å². The molecule has 0 aliphatic rings. The molecule has 4 nitrogen and oxygen atoms in total. The van der Waals surface area contributed by atoms with Crippen LogP contribution in [0.3, 0.4) is 0 Å². The summed E-state index contributed by atoms with van der Waals surface area (Å²) in [6.07, 6.45) is 5.37. The van der Waals surface area contributed by atoms with Crippen LogP contribution < -0.4 is 0 Å². The van der Waals surface area contributed by atoms with Gasteiger partial charge in [0.15, 0.2) is 0 Å². The molecule has 0 radical (unpaired) electrons. The Hall–Kier alpha value is 0.0400. The third-order valence-corrected chi connectivity index (χ3v) is 3.25. The van der Waals surface area contributed by atoms with E-state index in [0.29, 0.717) is 0 Å². The van der Waals surface area contributed by atoms with Crippen LogP contribution in [-0.4, -0.2) is 13.2 Å². The van der Waals surface area contributed by atoms with Crippen LogP contribution in [0.4, 0.5) is 4.53 Å². The van der Waals surface area contributed by atoms with Crippen molar-refractivity contribution in [2.45, 2.75) is 52.4 Å². The van der Waals surface area contributed by atoms with Gasteiger partial charge >= 0.3 is 7.82 Å². The molecule has 0 aliphatic heterocycles. The lowest BCUT2D eigenvalue weighted by molar-refractivity contribution is -0.0573. The van der Waals surface area contributed by atoms with Crippen molar-refractivity contribution >= 4 is 7.82 Å². The van der Waals surface area contributed by atoms with Crippen LogP contribution in [0.1, 0.15) is 52.4 Å². The third-order valence-electron chi connectivity index (χ3n) is 2.08. The van der Waals surface area contributed by atoms with E-state index in [2.05, 4.69) is 4.73 Å². The SMILES string of the molecule is CCCCCOP(=O)(OF)OCCCCC. The fourth-order valence-corrected chi connectivity index (χ4v) is 1.99. The number of hydrogen-bond acceptors (Lipinski definition) is 4. The molecule has 0 heterocycles. The van der Waals surface area contributed by atoms with Crippen molar-refractivity contribution in [3.05, 3.63) is 0 Å². The first-order valence-corrected chi connectivity index (χ1v) is 7.34. The number of halogens is 1. The minimum Gasteiger partial charge on any atom is -0.285 e. The Morgan fingerprint density at radius 3 is 1.69 bits per heavy atom. The third kappa shape index (κ3) is 8.22. The number of unbranched alkanes of at least 4 members (excludes halogenated alkanes) is 4. The molecule has 16 heavy (non-hydrogen) atoms. The zero-order valence-electron chi connectivity index (χ0n) is 10.1. The highest BCUT2D eigenvalue weighted by Crippen LogP contribution is 2.50. The highest BCUT2D eigenvalue weighted by molar-refractivity contribution is 7.48. The van der Waals surface area contributed by atoms with Gasteiger partial charge in [-0.2, -0.15) is 0 Å². The molecule has 0 spiro atoms. The average Bonchev–Trinajstić information content (AvgIpc) is 2.31. The summed E-state index contributed by atoms with van der Waals surface area (Å²) in [6.45, 7) is 4.46. The second-order valence-electron chi connectivity index (χ2n) is 3.60. The molecular formula is C10H22FO4P. The predicted molar refractivity (Wildman–Crippen MR) is 60.8 cm³/mol. The standard InChI is InChI=1S/C10H22FO4P/c1-3-5-7-9-13-16(12,15-11)14-10-8-6-4-2/h3-10H2,1-2H3. The molecular weight excluding hydrogens is 234 g/mol. The molecule has 0 fully saturated rings. The van der Waals surface area contributed by atoms with Crippen molar-refractivity contribution in [3.63, 3.8) is 0 Å². The minimum absolute atomic E-state index is 0.197. The van der Waals surface area contributed by atoms with Crippen LogP contribution in [0.2, 0.25) is 0 Å². The number of rotatable bonds is 11. The molecule has 0 unspecified atom stereocenters. The zero-order chi connectivity index (χ0) is 12.3. The normalized spacial score (nSPS) is 11.9. The van der Waals surface area contributed by atoms with Crippen LogP contribution in [0.25, 0.3) is 0 Å². The second kappa shape index (κ2) is 10.2. The maximum atomic E-state index is 12.0. The molecule has 0 aromatic heterocycles. The quantitative estimate of drug-likeness (QED) is 0.405. The van der Waals surface area contributed by atoms with Gasteiger partial charge < -0.3 is 0 Å². The molecule has 6 heteroatoms. The van der Waals surface area contributed by atoms with Gasteiger partial charge in [0.25, 0.3) is 0 Å². The predicted octanol–water partition coefficient (Wildman–Crippen LogP) is 4.41. The van der Waals surface area contributed by atoms with Crippen molar-refractivity contribution in [1.29, 1.82) is 0 Å². The van der Waals surface area contributed by atoms with Crippen molar-refractivity contribution in [1.82, 2.24) is 0 Å². The number of hydrogen-bond donors (Lipinski definition) is 0. The lowest BCUT2D eigenvalue weighted by Crippen LogP contribution is -1.99. The largest absolute Gasteiger partial charge is 0.506 e. The molecule has 98 valence electrons. The molecule has 0 aliphatic carbocycles. The van der Waals surface area contributed by atoms with Crippen LogP contribution >= 0.6 is 7.82 Å². The summed E-state index contributed by atoms with van der Waals surface area (Å²) in [5.74, 6) is 0. The Morgan fingerprint density at radius 2 is 1.38 bits per heavy atom. The number of phosphoric ester groups is 1. The van der Waals surface area contributed by atoms with Gasteiger partial charge in [-0.15, -0.1) is 0 Å². The first kappa shape index (κ1) is 16.0. The van der Waals surface area contributed by atoms with Crippen LogP contribution in [0.5, 0.6) is 0 Å². The Bertz CT molecular complexity index is 185. The zero-order valence-corrected chi connectivity index (χ0v) is 11.0. The van der Waals surface area contributed by atoms with E-state index in [9.17, 15) is 9.09 Å². The Kier molecular flexibility index (Phi) is 10.2. The van der Waals surface area contributed by atoms with Gasteiger partial charge in [-0.1, -0.05) is 44.3 Å². The Morgan fingerprint density at radius 1 is 0.938 bits per heavy atom. The van der Waals surface area contributed by atoms with Gasteiger partial charge in [0.05, 0.1) is 13.2 Å². The van der Waals surface area contributed by atoms with Gasteiger partial charge in [-0.05, 0) is 17.4 Å². The molecule has 0 rings (SSSR count). The van der Waals surface area contributed by atoms with Gasteiger partial charge in [-0.25, -0.2) is 4.57 Å². The first-order valence-electron chi connectivity index (χ1n) is 5.88. The van der Waals surface area contributed by atoms with E-state index in [1.807, 2.05) is 13.8 Å². The maximum Gasteiger partial charge on any atom is 0.506 e. The summed E-state index contributed by atoms with van der Waals surface area (Å²) >= 11 is 0. The average molecular weight is 256 g/mol. The van der Waals surface area contributed by atoms with Crippen molar-refractivity contribution in [2.24, 2.45) is 0 Å². The van der Waals surface area contributed by atoms with E-state index < -0.39 is 7.82 Å². The summed E-state index contributed by atoms with van der Waals surface area (Å²) in [4.78, 5) is 0. The van der Waals surface area contributed by atoms with Crippen LogP contribution in [0, 0.1) is 0 Å².